The minimum absolute atomic E-state index is 0.523. The fourth-order valence-electron chi connectivity index (χ4n) is 3.00. The van der Waals surface area contributed by atoms with Gasteiger partial charge in [0.15, 0.2) is 0 Å². The highest BCUT2D eigenvalue weighted by atomic mass is 16.5. The monoisotopic (exact) mass is 269 g/mol. The van der Waals surface area contributed by atoms with Gasteiger partial charge < -0.3 is 10.1 Å². The van der Waals surface area contributed by atoms with Gasteiger partial charge in [0.2, 0.25) is 0 Å². The molecule has 2 heteroatoms. The molecule has 1 aliphatic rings. The molecule has 1 fully saturated rings. The van der Waals surface area contributed by atoms with Gasteiger partial charge in [0.05, 0.1) is 6.10 Å². The lowest BCUT2D eigenvalue weighted by Crippen LogP contribution is -2.17. The van der Waals surface area contributed by atoms with Crippen molar-refractivity contribution in [2.45, 2.75) is 38.3 Å². The average Bonchev–Trinajstić information content (AvgIpc) is 3.00. The lowest BCUT2D eigenvalue weighted by molar-refractivity contribution is 0.102. The van der Waals surface area contributed by atoms with Crippen LogP contribution >= 0.6 is 0 Å². The molecule has 1 aliphatic heterocycles. The summed E-state index contributed by atoms with van der Waals surface area (Å²) >= 11 is 0. The van der Waals surface area contributed by atoms with Crippen LogP contribution in [0.3, 0.4) is 0 Å². The number of hydrogen-bond acceptors (Lipinski definition) is 2. The summed E-state index contributed by atoms with van der Waals surface area (Å²) in [6, 6.07) is 15.1. The topological polar surface area (TPSA) is 21.3 Å². The Morgan fingerprint density at radius 1 is 1.10 bits per heavy atom. The van der Waals surface area contributed by atoms with Crippen LogP contribution in [0, 0.1) is 0 Å². The Labute approximate surface area is 121 Å². The van der Waals surface area contributed by atoms with Crippen molar-refractivity contribution < 1.29 is 4.74 Å². The summed E-state index contributed by atoms with van der Waals surface area (Å²) < 4.78 is 5.65. The molecule has 3 rings (SSSR count). The smallest absolute Gasteiger partial charge is 0.0576 e. The Hall–Kier alpha value is -1.38. The van der Waals surface area contributed by atoms with Crippen LogP contribution in [0.4, 0.5) is 0 Å². The maximum atomic E-state index is 5.65. The predicted molar refractivity (Wildman–Crippen MR) is 83.9 cm³/mol. The van der Waals surface area contributed by atoms with Gasteiger partial charge in [-0.2, -0.15) is 0 Å². The molecule has 0 saturated carbocycles. The summed E-state index contributed by atoms with van der Waals surface area (Å²) in [5.41, 5.74) is 1.39. The van der Waals surface area contributed by atoms with Crippen molar-refractivity contribution in [3.63, 3.8) is 0 Å². The molecule has 2 aromatic rings. The van der Waals surface area contributed by atoms with Crippen LogP contribution in [0.5, 0.6) is 0 Å². The number of hydrogen-bond donors (Lipinski definition) is 1. The van der Waals surface area contributed by atoms with Gasteiger partial charge in [0, 0.05) is 13.2 Å². The second-order valence-electron chi connectivity index (χ2n) is 5.59. The Morgan fingerprint density at radius 2 is 2.00 bits per heavy atom. The maximum absolute atomic E-state index is 5.65. The molecule has 0 bridgehead atoms. The third-order valence-electron chi connectivity index (χ3n) is 4.10. The van der Waals surface area contributed by atoms with Crippen molar-refractivity contribution in [3.8, 4) is 0 Å². The third-order valence-corrected chi connectivity index (χ3v) is 4.10. The summed E-state index contributed by atoms with van der Waals surface area (Å²) in [5, 5.41) is 6.25. The summed E-state index contributed by atoms with van der Waals surface area (Å²) in [6.07, 6.45) is 5.42. The fraction of sp³-hybridized carbons (Fsp3) is 0.444. The minimum Gasteiger partial charge on any atom is -0.378 e. The molecule has 1 saturated heterocycles. The molecular formula is C18H23NO. The van der Waals surface area contributed by atoms with Crippen molar-refractivity contribution in [2.75, 3.05) is 13.2 Å². The number of benzene rings is 2. The van der Waals surface area contributed by atoms with Crippen LogP contribution in [0.2, 0.25) is 0 Å². The molecule has 0 amide bonds. The molecule has 1 heterocycles. The first-order valence-corrected chi connectivity index (χ1v) is 7.72. The standard InChI is InChI=1S/C18H23NO/c1-2-11-18-15(6-1)7-3-8-16(18)14-19-12-4-9-17-10-5-13-20-17/h1-3,6-8,11,17,19H,4-5,9-10,12-14H2. The molecule has 106 valence electrons. The van der Waals surface area contributed by atoms with Gasteiger partial charge in [-0.25, -0.2) is 0 Å². The second-order valence-corrected chi connectivity index (χ2v) is 5.59. The normalized spacial score (nSPS) is 18.7. The minimum atomic E-state index is 0.523. The maximum Gasteiger partial charge on any atom is 0.0576 e. The van der Waals surface area contributed by atoms with E-state index in [1.807, 2.05) is 0 Å². The van der Waals surface area contributed by atoms with Crippen LogP contribution < -0.4 is 5.32 Å². The van der Waals surface area contributed by atoms with Gasteiger partial charge >= 0.3 is 0 Å². The Bertz CT molecular complexity index is 541. The van der Waals surface area contributed by atoms with Gasteiger partial charge in [-0.05, 0) is 48.6 Å². The van der Waals surface area contributed by atoms with E-state index in [4.69, 9.17) is 4.74 Å². The van der Waals surface area contributed by atoms with Gasteiger partial charge in [0.25, 0.3) is 0 Å². The summed E-state index contributed by atoms with van der Waals surface area (Å²) in [7, 11) is 0. The molecule has 0 radical (unpaired) electrons. The summed E-state index contributed by atoms with van der Waals surface area (Å²) in [4.78, 5) is 0. The number of ether oxygens (including phenoxy) is 1. The molecule has 0 spiro atoms. The van der Waals surface area contributed by atoms with Crippen LogP contribution in [0.15, 0.2) is 42.5 Å². The van der Waals surface area contributed by atoms with Crippen LogP contribution in [-0.4, -0.2) is 19.3 Å². The van der Waals surface area contributed by atoms with E-state index < -0.39 is 0 Å². The SMILES string of the molecule is c1ccc2c(CNCCCC3CCCO3)cccc2c1. The van der Waals surface area contributed by atoms with E-state index in [0.29, 0.717) is 6.10 Å². The van der Waals surface area contributed by atoms with Gasteiger partial charge in [-0.1, -0.05) is 42.5 Å². The largest absolute Gasteiger partial charge is 0.378 e. The van der Waals surface area contributed by atoms with E-state index in [1.165, 1.54) is 42.0 Å². The average molecular weight is 269 g/mol. The predicted octanol–water partition coefficient (Wildman–Crippen LogP) is 3.89. The molecule has 2 nitrogen and oxygen atoms in total. The van der Waals surface area contributed by atoms with E-state index in [1.54, 1.807) is 0 Å². The molecule has 0 aromatic heterocycles. The molecular weight excluding hydrogens is 246 g/mol. The lowest BCUT2D eigenvalue weighted by Gasteiger charge is -2.10. The summed E-state index contributed by atoms with van der Waals surface area (Å²) in [5.74, 6) is 0. The van der Waals surface area contributed by atoms with E-state index in [9.17, 15) is 0 Å². The zero-order valence-electron chi connectivity index (χ0n) is 12.0. The molecule has 0 aliphatic carbocycles. The van der Waals surface area contributed by atoms with Gasteiger partial charge in [-0.3, -0.25) is 0 Å². The Morgan fingerprint density at radius 3 is 2.90 bits per heavy atom. The first-order valence-electron chi connectivity index (χ1n) is 7.72. The van der Waals surface area contributed by atoms with E-state index in [0.717, 1.165) is 19.7 Å². The fourth-order valence-corrected chi connectivity index (χ4v) is 3.00. The van der Waals surface area contributed by atoms with Crippen molar-refractivity contribution in [2.24, 2.45) is 0 Å². The number of fused-ring (bicyclic) bond motifs is 1. The van der Waals surface area contributed by atoms with E-state index >= 15 is 0 Å². The Balaban J connectivity index is 1.47. The highest BCUT2D eigenvalue weighted by molar-refractivity contribution is 5.85. The molecule has 2 aromatic carbocycles. The van der Waals surface area contributed by atoms with Crippen molar-refractivity contribution in [1.82, 2.24) is 5.32 Å². The first-order chi connectivity index (χ1) is 9.93. The zero-order valence-corrected chi connectivity index (χ0v) is 12.0. The molecule has 1 N–H and O–H groups in total. The second kappa shape index (κ2) is 6.87. The number of rotatable bonds is 6. The first kappa shape index (κ1) is 13.6. The third kappa shape index (κ3) is 3.38. The zero-order chi connectivity index (χ0) is 13.6. The van der Waals surface area contributed by atoms with Crippen molar-refractivity contribution in [3.05, 3.63) is 48.0 Å². The summed E-state index contributed by atoms with van der Waals surface area (Å²) in [6.45, 7) is 2.99. The van der Waals surface area contributed by atoms with Crippen LogP contribution in [0.25, 0.3) is 10.8 Å². The highest BCUT2D eigenvalue weighted by Crippen LogP contribution is 2.18. The van der Waals surface area contributed by atoms with Crippen molar-refractivity contribution in [1.29, 1.82) is 0 Å². The van der Waals surface area contributed by atoms with Gasteiger partial charge in [0.1, 0.15) is 0 Å². The van der Waals surface area contributed by atoms with Crippen LogP contribution in [-0.2, 0) is 11.3 Å². The lowest BCUT2D eigenvalue weighted by atomic mass is 10.0. The Kier molecular flexibility index (Phi) is 4.67. The van der Waals surface area contributed by atoms with Gasteiger partial charge in [-0.15, -0.1) is 0 Å². The van der Waals surface area contributed by atoms with Crippen molar-refractivity contribution >= 4 is 10.8 Å². The quantitative estimate of drug-likeness (QED) is 0.803. The number of nitrogens with one attached hydrogen (secondary N) is 1. The van der Waals surface area contributed by atoms with E-state index in [-0.39, 0.29) is 0 Å². The highest BCUT2D eigenvalue weighted by Gasteiger charge is 2.14. The molecule has 1 unspecified atom stereocenters. The van der Waals surface area contributed by atoms with E-state index in [2.05, 4.69) is 47.8 Å². The molecule has 20 heavy (non-hydrogen) atoms. The molecule has 1 atom stereocenters. The van der Waals surface area contributed by atoms with Crippen LogP contribution in [0.1, 0.15) is 31.2 Å².